The van der Waals surface area contributed by atoms with Gasteiger partial charge in [-0.1, -0.05) is 6.07 Å². The van der Waals surface area contributed by atoms with E-state index < -0.39 is 5.97 Å². The van der Waals surface area contributed by atoms with Crippen LogP contribution < -0.4 is 5.56 Å². The van der Waals surface area contributed by atoms with Crippen LogP contribution in [0.1, 0.15) is 27.3 Å². The topological polar surface area (TPSA) is 90.9 Å². The first kappa shape index (κ1) is 15.9. The Labute approximate surface area is 147 Å². The van der Waals surface area contributed by atoms with Crippen LogP contribution in [0.25, 0.3) is 11.3 Å². The Kier molecular flexibility index (Phi) is 3.72. The van der Waals surface area contributed by atoms with E-state index in [9.17, 15) is 9.59 Å². The molecular weight excluding hydrogens is 334 g/mol. The first-order chi connectivity index (χ1) is 12.5. The summed E-state index contributed by atoms with van der Waals surface area (Å²) in [6.45, 7) is 3.48. The van der Waals surface area contributed by atoms with Gasteiger partial charge in [0.15, 0.2) is 5.65 Å². The molecule has 0 spiro atoms. The van der Waals surface area contributed by atoms with Gasteiger partial charge < -0.3 is 4.74 Å². The predicted molar refractivity (Wildman–Crippen MR) is 93.0 cm³/mol. The van der Waals surface area contributed by atoms with Crippen LogP contribution in [0.5, 0.6) is 0 Å². The molecule has 0 aliphatic heterocycles. The molecule has 0 aromatic carbocycles. The van der Waals surface area contributed by atoms with Crippen molar-refractivity contribution >= 4 is 17.3 Å². The lowest BCUT2D eigenvalue weighted by molar-refractivity contribution is 0.0469. The minimum atomic E-state index is -0.553. The average Bonchev–Trinajstić information content (AvgIpc) is 2.96. The number of carbonyl (C=O) groups is 1. The van der Waals surface area contributed by atoms with E-state index in [2.05, 4.69) is 15.1 Å². The molecule has 0 aliphatic carbocycles. The summed E-state index contributed by atoms with van der Waals surface area (Å²) in [6, 6.07) is 6.74. The number of carbonyl (C=O) groups excluding carboxylic acids is 1. The molecule has 0 amide bonds. The first-order valence-corrected chi connectivity index (χ1v) is 7.99. The molecular formula is C18H15N5O3. The second-order valence-corrected chi connectivity index (χ2v) is 5.89. The minimum Gasteiger partial charge on any atom is -0.455 e. The van der Waals surface area contributed by atoms with Crippen LogP contribution in [0.4, 0.5) is 0 Å². The van der Waals surface area contributed by atoms with Crippen LogP contribution in [-0.2, 0) is 11.3 Å². The third-order valence-electron chi connectivity index (χ3n) is 4.06. The minimum absolute atomic E-state index is 0.109. The summed E-state index contributed by atoms with van der Waals surface area (Å²) in [4.78, 5) is 33.3. The highest BCUT2D eigenvalue weighted by atomic mass is 16.5. The van der Waals surface area contributed by atoms with Gasteiger partial charge in [-0.25, -0.2) is 19.3 Å². The quantitative estimate of drug-likeness (QED) is 0.523. The van der Waals surface area contributed by atoms with E-state index in [4.69, 9.17) is 4.74 Å². The number of pyridine rings is 1. The van der Waals surface area contributed by atoms with Crippen LogP contribution in [-0.4, -0.2) is 30.0 Å². The lowest BCUT2D eigenvalue weighted by Gasteiger charge is -2.07. The summed E-state index contributed by atoms with van der Waals surface area (Å²) < 4.78 is 8.34. The molecule has 0 saturated heterocycles. The van der Waals surface area contributed by atoms with E-state index in [1.807, 2.05) is 13.0 Å². The fraction of sp³-hybridized carbons (Fsp3) is 0.167. The fourth-order valence-electron chi connectivity index (χ4n) is 2.83. The smallest absolute Gasteiger partial charge is 0.344 e. The van der Waals surface area contributed by atoms with Gasteiger partial charge in [0.2, 0.25) is 0 Å². The Morgan fingerprint density at radius 1 is 1.19 bits per heavy atom. The van der Waals surface area contributed by atoms with E-state index in [-0.39, 0.29) is 12.2 Å². The van der Waals surface area contributed by atoms with Crippen LogP contribution in [0, 0.1) is 13.8 Å². The molecule has 0 unspecified atom stereocenters. The molecule has 26 heavy (non-hydrogen) atoms. The molecule has 4 heterocycles. The monoisotopic (exact) mass is 349 g/mol. The number of rotatable bonds is 3. The number of hydrogen-bond acceptors (Lipinski definition) is 6. The maximum atomic E-state index is 12.5. The molecule has 4 rings (SSSR count). The number of nitrogens with zero attached hydrogens (tertiary/aromatic N) is 5. The molecule has 0 saturated carbocycles. The number of esters is 1. The van der Waals surface area contributed by atoms with Gasteiger partial charge in [0.1, 0.15) is 17.8 Å². The number of aromatic nitrogens is 5. The van der Waals surface area contributed by atoms with E-state index in [0.29, 0.717) is 28.2 Å². The molecule has 0 N–H and O–H groups in total. The summed E-state index contributed by atoms with van der Waals surface area (Å²) in [5.74, 6) is -0.553. The summed E-state index contributed by atoms with van der Waals surface area (Å²) in [5, 5.41) is 4.24. The van der Waals surface area contributed by atoms with Crippen LogP contribution in [0.2, 0.25) is 0 Å². The molecule has 8 heteroatoms. The maximum Gasteiger partial charge on any atom is 0.344 e. The zero-order valence-electron chi connectivity index (χ0n) is 14.2. The van der Waals surface area contributed by atoms with Crippen molar-refractivity contribution in [2.45, 2.75) is 20.5 Å². The second kappa shape index (κ2) is 6.07. The second-order valence-electron chi connectivity index (χ2n) is 5.89. The van der Waals surface area contributed by atoms with Gasteiger partial charge in [0, 0.05) is 24.7 Å². The molecule has 0 fully saturated rings. The third-order valence-corrected chi connectivity index (χ3v) is 4.06. The first-order valence-electron chi connectivity index (χ1n) is 7.99. The SMILES string of the molecule is Cc1nn2cccnc2c1C(=O)OCc1cc(=O)n2cccc(C)c2n1. The van der Waals surface area contributed by atoms with Gasteiger partial charge in [-0.2, -0.15) is 5.10 Å². The molecule has 130 valence electrons. The summed E-state index contributed by atoms with van der Waals surface area (Å²) in [6.07, 6.45) is 4.95. The molecule has 0 bridgehead atoms. The standard InChI is InChI=1S/C18H15N5O3/c1-11-5-3-7-22-14(24)9-13(20-16(11)22)10-26-18(25)15-12(2)21-23-8-4-6-19-17(15)23/h3-9H,10H2,1-2H3. The highest BCUT2D eigenvalue weighted by molar-refractivity contribution is 5.97. The maximum absolute atomic E-state index is 12.5. The van der Waals surface area contributed by atoms with Crippen molar-refractivity contribution < 1.29 is 9.53 Å². The van der Waals surface area contributed by atoms with Crippen molar-refractivity contribution in [2.24, 2.45) is 0 Å². The van der Waals surface area contributed by atoms with Gasteiger partial charge in [-0.05, 0) is 31.5 Å². The summed E-state index contributed by atoms with van der Waals surface area (Å²) >= 11 is 0. The normalized spacial score (nSPS) is 11.2. The molecule has 4 aromatic heterocycles. The Balaban J connectivity index is 1.64. The van der Waals surface area contributed by atoms with Gasteiger partial charge in [-0.15, -0.1) is 0 Å². The van der Waals surface area contributed by atoms with Crippen LogP contribution in [0.15, 0.2) is 47.7 Å². The summed E-state index contributed by atoms with van der Waals surface area (Å²) in [7, 11) is 0. The molecule has 0 atom stereocenters. The van der Waals surface area contributed by atoms with Crippen molar-refractivity contribution in [1.82, 2.24) is 24.0 Å². The lowest BCUT2D eigenvalue weighted by Crippen LogP contribution is -2.17. The van der Waals surface area contributed by atoms with E-state index in [0.717, 1.165) is 5.56 Å². The van der Waals surface area contributed by atoms with Crippen molar-refractivity contribution in [1.29, 1.82) is 0 Å². The average molecular weight is 349 g/mol. The Bertz CT molecular complexity index is 1210. The Morgan fingerprint density at radius 2 is 2.04 bits per heavy atom. The van der Waals surface area contributed by atoms with Crippen molar-refractivity contribution in [3.05, 3.63) is 75.7 Å². The van der Waals surface area contributed by atoms with Crippen molar-refractivity contribution in [3.63, 3.8) is 0 Å². The van der Waals surface area contributed by atoms with Gasteiger partial charge in [0.05, 0.1) is 11.4 Å². The van der Waals surface area contributed by atoms with Crippen molar-refractivity contribution in [3.8, 4) is 0 Å². The van der Waals surface area contributed by atoms with Crippen LogP contribution >= 0.6 is 0 Å². The number of fused-ring (bicyclic) bond motifs is 2. The van der Waals surface area contributed by atoms with Gasteiger partial charge in [0.25, 0.3) is 5.56 Å². The molecule has 0 aliphatic rings. The van der Waals surface area contributed by atoms with Crippen molar-refractivity contribution in [2.75, 3.05) is 0 Å². The van der Waals surface area contributed by atoms with E-state index in [1.54, 1.807) is 37.6 Å². The Morgan fingerprint density at radius 3 is 2.88 bits per heavy atom. The van der Waals surface area contributed by atoms with Gasteiger partial charge in [-0.3, -0.25) is 9.20 Å². The fourth-order valence-corrected chi connectivity index (χ4v) is 2.83. The number of ether oxygens (including phenoxy) is 1. The molecule has 4 aromatic rings. The molecule has 0 radical (unpaired) electrons. The van der Waals surface area contributed by atoms with Gasteiger partial charge >= 0.3 is 5.97 Å². The highest BCUT2D eigenvalue weighted by Crippen LogP contribution is 2.15. The van der Waals surface area contributed by atoms with E-state index >= 15 is 0 Å². The summed E-state index contributed by atoms with van der Waals surface area (Å²) in [5.41, 5.74) is 2.83. The molecule has 8 nitrogen and oxygen atoms in total. The lowest BCUT2D eigenvalue weighted by atomic mass is 10.2. The highest BCUT2D eigenvalue weighted by Gasteiger charge is 2.20. The zero-order valence-corrected chi connectivity index (χ0v) is 14.2. The number of aryl methyl sites for hydroxylation is 2. The Hall–Kier alpha value is -3.55. The predicted octanol–water partition coefficient (Wildman–Crippen LogP) is 1.71. The third kappa shape index (κ3) is 2.61. The zero-order chi connectivity index (χ0) is 18.3. The van der Waals surface area contributed by atoms with E-state index in [1.165, 1.54) is 15.0 Å². The largest absolute Gasteiger partial charge is 0.455 e. The number of hydrogen-bond donors (Lipinski definition) is 0. The van der Waals surface area contributed by atoms with Crippen LogP contribution in [0.3, 0.4) is 0 Å².